The maximum atomic E-state index is 6.14. The Kier molecular flexibility index (Phi) is 2.77. The van der Waals surface area contributed by atoms with Crippen molar-refractivity contribution in [1.29, 1.82) is 0 Å². The van der Waals surface area contributed by atoms with Crippen molar-refractivity contribution < 1.29 is 0 Å². The number of anilines is 1. The number of rotatable bonds is 0. The summed E-state index contributed by atoms with van der Waals surface area (Å²) >= 11 is 8.36. The molecule has 78 valence electrons. The molecule has 0 fully saturated rings. The Bertz CT molecular complexity index is 552. The Morgan fingerprint density at radius 1 is 1.33 bits per heavy atom. The zero-order chi connectivity index (χ0) is 11.2. The predicted octanol–water partition coefficient (Wildman–Crippen LogP) is 3.69. The summed E-state index contributed by atoms with van der Waals surface area (Å²) in [4.78, 5) is 4.46. The van der Waals surface area contributed by atoms with Crippen LogP contribution in [0.1, 0.15) is 11.3 Å². The topological polar surface area (TPSA) is 38.9 Å². The first-order chi connectivity index (χ1) is 7.00. The Labute approximate surface area is 107 Å². The largest absolute Gasteiger partial charge is 0.398 e. The summed E-state index contributed by atoms with van der Waals surface area (Å²) in [6, 6.07) is 3.90. The van der Waals surface area contributed by atoms with Gasteiger partial charge in [-0.2, -0.15) is 0 Å². The van der Waals surface area contributed by atoms with Crippen molar-refractivity contribution in [3.05, 3.63) is 32.0 Å². The van der Waals surface area contributed by atoms with Crippen molar-refractivity contribution in [3.63, 3.8) is 0 Å². The number of aryl methyl sites for hydroxylation is 1. The molecule has 0 aliphatic carbocycles. The minimum atomic E-state index is 0.659. The SMILES string of the molecule is Cc1nc2c(Cl)cc(I)cc2c(N)c1C. The Morgan fingerprint density at radius 3 is 2.67 bits per heavy atom. The van der Waals surface area contributed by atoms with Crippen molar-refractivity contribution in [1.82, 2.24) is 4.98 Å². The van der Waals surface area contributed by atoms with E-state index in [2.05, 4.69) is 27.6 Å². The fourth-order valence-corrected chi connectivity index (χ4v) is 2.60. The van der Waals surface area contributed by atoms with Gasteiger partial charge in [0.25, 0.3) is 0 Å². The maximum Gasteiger partial charge on any atom is 0.0912 e. The fraction of sp³-hybridized carbons (Fsp3) is 0.182. The molecule has 0 amide bonds. The molecule has 1 aromatic heterocycles. The molecule has 1 aromatic carbocycles. The van der Waals surface area contributed by atoms with Crippen molar-refractivity contribution in [2.75, 3.05) is 5.73 Å². The highest BCUT2D eigenvalue weighted by Crippen LogP contribution is 2.31. The molecule has 0 bridgehead atoms. The lowest BCUT2D eigenvalue weighted by molar-refractivity contribution is 1.20. The van der Waals surface area contributed by atoms with Crippen LogP contribution in [-0.2, 0) is 0 Å². The van der Waals surface area contributed by atoms with E-state index in [1.54, 1.807) is 0 Å². The lowest BCUT2D eigenvalue weighted by atomic mass is 10.1. The van der Waals surface area contributed by atoms with Gasteiger partial charge in [0.2, 0.25) is 0 Å². The number of aromatic nitrogens is 1. The van der Waals surface area contributed by atoms with E-state index < -0.39 is 0 Å². The second kappa shape index (κ2) is 3.79. The third-order valence-corrected chi connectivity index (χ3v) is 3.46. The number of benzene rings is 1. The van der Waals surface area contributed by atoms with Gasteiger partial charge in [-0.1, -0.05) is 11.6 Å². The van der Waals surface area contributed by atoms with Crippen LogP contribution in [0.25, 0.3) is 10.9 Å². The van der Waals surface area contributed by atoms with Gasteiger partial charge in [-0.25, -0.2) is 0 Å². The van der Waals surface area contributed by atoms with Crippen LogP contribution in [0.2, 0.25) is 5.02 Å². The van der Waals surface area contributed by atoms with Gasteiger partial charge in [0, 0.05) is 20.3 Å². The van der Waals surface area contributed by atoms with E-state index in [9.17, 15) is 0 Å². The van der Waals surface area contributed by atoms with Gasteiger partial charge in [0.05, 0.1) is 10.5 Å². The van der Waals surface area contributed by atoms with Crippen LogP contribution < -0.4 is 5.73 Å². The highest BCUT2D eigenvalue weighted by atomic mass is 127. The van der Waals surface area contributed by atoms with Gasteiger partial charge in [-0.15, -0.1) is 0 Å². The predicted molar refractivity (Wildman–Crippen MR) is 73.4 cm³/mol. The van der Waals surface area contributed by atoms with Gasteiger partial charge in [-0.05, 0) is 54.1 Å². The lowest BCUT2D eigenvalue weighted by Crippen LogP contribution is -1.98. The quantitative estimate of drug-likeness (QED) is 0.747. The lowest BCUT2D eigenvalue weighted by Gasteiger charge is -2.09. The smallest absolute Gasteiger partial charge is 0.0912 e. The van der Waals surface area contributed by atoms with Crippen LogP contribution in [0.15, 0.2) is 12.1 Å². The van der Waals surface area contributed by atoms with E-state index in [0.29, 0.717) is 5.02 Å². The number of hydrogen-bond acceptors (Lipinski definition) is 2. The van der Waals surface area contributed by atoms with E-state index in [1.807, 2.05) is 26.0 Å². The second-order valence-corrected chi connectivity index (χ2v) is 5.17. The molecule has 15 heavy (non-hydrogen) atoms. The zero-order valence-electron chi connectivity index (χ0n) is 8.44. The fourth-order valence-electron chi connectivity index (χ4n) is 1.53. The first-order valence-electron chi connectivity index (χ1n) is 4.52. The van der Waals surface area contributed by atoms with E-state index >= 15 is 0 Å². The van der Waals surface area contributed by atoms with Gasteiger partial charge >= 0.3 is 0 Å². The average Bonchev–Trinajstić information content (AvgIpc) is 2.17. The molecule has 0 aliphatic heterocycles. The third kappa shape index (κ3) is 1.78. The summed E-state index contributed by atoms with van der Waals surface area (Å²) in [7, 11) is 0. The van der Waals surface area contributed by atoms with Gasteiger partial charge in [0.1, 0.15) is 0 Å². The summed E-state index contributed by atoms with van der Waals surface area (Å²) in [5, 5.41) is 1.60. The molecule has 0 unspecified atom stereocenters. The first kappa shape index (κ1) is 11.0. The Morgan fingerprint density at radius 2 is 2.00 bits per heavy atom. The molecule has 2 rings (SSSR count). The van der Waals surface area contributed by atoms with Gasteiger partial charge < -0.3 is 5.73 Å². The van der Waals surface area contributed by atoms with E-state index in [1.165, 1.54) is 0 Å². The molecule has 0 saturated carbocycles. The molecule has 2 nitrogen and oxygen atoms in total. The van der Waals surface area contributed by atoms with Crippen molar-refractivity contribution in [3.8, 4) is 0 Å². The number of halogens is 2. The van der Waals surface area contributed by atoms with Gasteiger partial charge in [-0.3, -0.25) is 4.98 Å². The van der Waals surface area contributed by atoms with Crippen LogP contribution in [0.5, 0.6) is 0 Å². The number of nitrogen functional groups attached to an aromatic ring is 1. The molecule has 1 heterocycles. The van der Waals surface area contributed by atoms with Crippen molar-refractivity contribution in [2.24, 2.45) is 0 Å². The number of fused-ring (bicyclic) bond motifs is 1. The summed E-state index contributed by atoms with van der Waals surface area (Å²) in [5.41, 5.74) is 9.58. The van der Waals surface area contributed by atoms with E-state index in [-0.39, 0.29) is 0 Å². The Balaban J connectivity index is 2.98. The van der Waals surface area contributed by atoms with Crippen molar-refractivity contribution in [2.45, 2.75) is 13.8 Å². The van der Waals surface area contributed by atoms with Crippen LogP contribution in [0.3, 0.4) is 0 Å². The standard InChI is InChI=1S/C11H10ClIN2/c1-5-6(2)15-11-8(10(5)14)3-7(13)4-9(11)12/h3-4H,1-2H3,(H2,14,15). The van der Waals surface area contributed by atoms with E-state index in [4.69, 9.17) is 17.3 Å². The molecule has 0 spiro atoms. The number of nitrogens with two attached hydrogens (primary N) is 1. The minimum absolute atomic E-state index is 0.659. The number of pyridine rings is 1. The highest BCUT2D eigenvalue weighted by molar-refractivity contribution is 14.1. The van der Waals surface area contributed by atoms with Crippen LogP contribution in [-0.4, -0.2) is 4.98 Å². The summed E-state index contributed by atoms with van der Waals surface area (Å²) in [6.45, 7) is 3.92. The molecule has 0 radical (unpaired) electrons. The number of nitrogens with zero attached hydrogens (tertiary/aromatic N) is 1. The molecular weight excluding hydrogens is 322 g/mol. The normalized spacial score (nSPS) is 10.9. The minimum Gasteiger partial charge on any atom is -0.398 e. The number of hydrogen-bond donors (Lipinski definition) is 1. The summed E-state index contributed by atoms with van der Waals surface area (Å²) in [6.07, 6.45) is 0. The molecule has 2 N–H and O–H groups in total. The van der Waals surface area contributed by atoms with Crippen LogP contribution in [0, 0.1) is 17.4 Å². The van der Waals surface area contributed by atoms with Gasteiger partial charge in [0.15, 0.2) is 0 Å². The maximum absolute atomic E-state index is 6.14. The zero-order valence-corrected chi connectivity index (χ0v) is 11.3. The molecule has 4 heteroatoms. The monoisotopic (exact) mass is 332 g/mol. The third-order valence-electron chi connectivity index (χ3n) is 2.54. The molecule has 0 atom stereocenters. The van der Waals surface area contributed by atoms with Crippen LogP contribution >= 0.6 is 34.2 Å². The van der Waals surface area contributed by atoms with Crippen molar-refractivity contribution >= 4 is 50.8 Å². The molecule has 2 aromatic rings. The highest BCUT2D eigenvalue weighted by Gasteiger charge is 2.09. The second-order valence-electron chi connectivity index (χ2n) is 3.52. The Hall–Kier alpha value is -0.550. The molecular formula is C11H10ClIN2. The van der Waals surface area contributed by atoms with Crippen LogP contribution in [0.4, 0.5) is 5.69 Å². The summed E-state index contributed by atoms with van der Waals surface area (Å²) in [5.74, 6) is 0. The molecule has 0 saturated heterocycles. The first-order valence-corrected chi connectivity index (χ1v) is 5.98. The average molecular weight is 333 g/mol. The molecule has 0 aliphatic rings. The van der Waals surface area contributed by atoms with E-state index in [0.717, 1.165) is 31.4 Å². The summed E-state index contributed by atoms with van der Waals surface area (Å²) < 4.78 is 1.07.